The number of carboxylic acids is 1. The molecule has 4 rings (SSSR count). The van der Waals surface area contributed by atoms with Gasteiger partial charge in [-0.25, -0.2) is 4.79 Å². The zero-order valence-electron chi connectivity index (χ0n) is 41.7. The van der Waals surface area contributed by atoms with Crippen molar-refractivity contribution in [2.75, 3.05) is 26.2 Å². The molecule has 1 saturated heterocycles. The summed E-state index contributed by atoms with van der Waals surface area (Å²) in [5.41, 5.74) is 30.1. The molecule has 0 bridgehead atoms. The SMILES string of the molecule is CC(=O)N[C@@H](CCCN=C(N)N)C(=O)N[C@H]1CCCC(=O)NCC[C@@H](C(=O)O)NC(=O)[C@H](Cc2c[nH]c3ccccc23)CC(=O)[C@H](CCCN=C(N)N)CC(=O)[C@@H](Cc2ccccc2)NC(=O)[C@H](CCN)NC1=O. The number of nitrogens with one attached hydrogen (secondary N) is 7. The van der Waals surface area contributed by atoms with Crippen LogP contribution in [-0.4, -0.2) is 131 Å². The molecule has 1 aromatic heterocycles. The largest absolute Gasteiger partial charge is 0.480 e. The van der Waals surface area contributed by atoms with E-state index in [1.165, 1.54) is 6.92 Å². The van der Waals surface area contributed by atoms with E-state index in [0.717, 1.165) is 10.9 Å². The van der Waals surface area contributed by atoms with Crippen molar-refractivity contribution in [2.24, 2.45) is 50.5 Å². The molecule has 2 aromatic carbocycles. The van der Waals surface area contributed by atoms with E-state index in [4.69, 9.17) is 28.7 Å². The van der Waals surface area contributed by atoms with Crippen LogP contribution in [-0.2, 0) is 56.0 Å². The lowest BCUT2D eigenvalue weighted by atomic mass is 9.83. The molecule has 402 valence electrons. The number of carboxylic acid groups (broad SMARTS) is 1. The van der Waals surface area contributed by atoms with Gasteiger partial charge in [-0.05, 0) is 87.9 Å². The van der Waals surface area contributed by atoms with Gasteiger partial charge in [0.05, 0.1) is 6.04 Å². The van der Waals surface area contributed by atoms with Crippen molar-refractivity contribution in [1.82, 2.24) is 36.9 Å². The van der Waals surface area contributed by atoms with Crippen molar-refractivity contribution in [3.8, 4) is 0 Å². The van der Waals surface area contributed by atoms with Crippen molar-refractivity contribution < 1.29 is 48.3 Å². The first-order valence-electron chi connectivity index (χ1n) is 24.8. The number of carbonyl (C=O) groups excluding carboxylic acids is 8. The van der Waals surface area contributed by atoms with Crippen LogP contribution in [0.1, 0.15) is 88.7 Å². The summed E-state index contributed by atoms with van der Waals surface area (Å²) in [5.74, 6) is -9.15. The number of carbonyl (C=O) groups is 9. The molecule has 7 atom stereocenters. The Bertz CT molecular complexity index is 2470. The van der Waals surface area contributed by atoms with Crippen molar-refractivity contribution >= 4 is 75.8 Å². The van der Waals surface area contributed by atoms with E-state index >= 15 is 0 Å². The number of aromatic amines is 1. The number of amides is 6. The predicted octanol–water partition coefficient (Wildman–Crippen LogP) is -1.22. The van der Waals surface area contributed by atoms with Gasteiger partial charge in [0.15, 0.2) is 17.7 Å². The van der Waals surface area contributed by atoms with Crippen molar-refractivity contribution in [2.45, 2.75) is 121 Å². The lowest BCUT2D eigenvalue weighted by Gasteiger charge is -2.27. The highest BCUT2D eigenvalue weighted by Crippen LogP contribution is 2.26. The highest BCUT2D eigenvalue weighted by molar-refractivity contribution is 5.98. The topological polar surface area (TPSA) is 417 Å². The summed E-state index contributed by atoms with van der Waals surface area (Å²) in [6.45, 7) is 1.16. The Morgan fingerprint density at radius 2 is 1.42 bits per heavy atom. The van der Waals surface area contributed by atoms with Crippen LogP contribution in [0.4, 0.5) is 0 Å². The highest BCUT2D eigenvalue weighted by Gasteiger charge is 2.35. The lowest BCUT2D eigenvalue weighted by molar-refractivity contribution is -0.143. The number of nitrogens with zero attached hydrogens (tertiary/aromatic N) is 2. The number of benzene rings is 2. The molecule has 1 aliphatic heterocycles. The zero-order valence-corrected chi connectivity index (χ0v) is 41.7. The lowest BCUT2D eigenvalue weighted by Crippen LogP contribution is -2.58. The second kappa shape index (κ2) is 30.2. The van der Waals surface area contributed by atoms with Crippen LogP contribution in [0.5, 0.6) is 0 Å². The quantitative estimate of drug-likeness (QED) is 0.0404. The number of nitrogens with two attached hydrogens (primary N) is 5. The van der Waals surface area contributed by atoms with E-state index in [-0.39, 0.29) is 109 Å². The number of hydrogen-bond donors (Lipinski definition) is 13. The number of ketones is 2. The van der Waals surface area contributed by atoms with Gasteiger partial charge in [0, 0.05) is 74.8 Å². The molecular formula is C50H72N14O10. The molecule has 0 unspecified atom stereocenters. The number of rotatable bonds is 18. The van der Waals surface area contributed by atoms with Gasteiger partial charge in [-0.1, -0.05) is 48.5 Å². The summed E-state index contributed by atoms with van der Waals surface area (Å²) >= 11 is 0. The molecule has 3 aromatic rings. The van der Waals surface area contributed by atoms with E-state index in [9.17, 15) is 48.3 Å². The Morgan fingerprint density at radius 3 is 2.09 bits per heavy atom. The summed E-state index contributed by atoms with van der Waals surface area (Å²) in [7, 11) is 0. The number of fused-ring (bicyclic) bond motifs is 1. The number of aliphatic carboxylic acids is 1. The minimum absolute atomic E-state index is 0.00331. The zero-order chi connectivity index (χ0) is 54.2. The van der Waals surface area contributed by atoms with Gasteiger partial charge in [0.2, 0.25) is 35.4 Å². The van der Waals surface area contributed by atoms with Gasteiger partial charge in [-0.3, -0.25) is 48.3 Å². The number of para-hydroxylation sites is 1. The Hall–Kier alpha value is -7.89. The number of aliphatic imine (C=N–C) groups is 2. The maximum Gasteiger partial charge on any atom is 0.326 e. The summed E-state index contributed by atoms with van der Waals surface area (Å²) in [6.07, 6.45) is 0.833. The van der Waals surface area contributed by atoms with Gasteiger partial charge in [-0.15, -0.1) is 0 Å². The summed E-state index contributed by atoms with van der Waals surface area (Å²) in [6, 6.07) is 9.49. The number of aromatic nitrogens is 1. The van der Waals surface area contributed by atoms with Crippen LogP contribution in [0.15, 0.2) is 70.8 Å². The Morgan fingerprint density at radius 1 is 0.757 bits per heavy atom. The molecular weight excluding hydrogens is 957 g/mol. The molecule has 24 heteroatoms. The van der Waals surface area contributed by atoms with Crippen LogP contribution >= 0.6 is 0 Å². The van der Waals surface area contributed by atoms with Crippen molar-refractivity contribution in [3.63, 3.8) is 0 Å². The second-order valence-corrected chi connectivity index (χ2v) is 18.3. The molecule has 0 spiro atoms. The monoisotopic (exact) mass is 1030 g/mol. The Balaban J connectivity index is 1.75. The highest BCUT2D eigenvalue weighted by atomic mass is 16.4. The van der Waals surface area contributed by atoms with Crippen molar-refractivity contribution in [3.05, 3.63) is 71.9 Å². The molecule has 0 saturated carbocycles. The Kier molecular flexibility index (Phi) is 24.0. The van der Waals surface area contributed by atoms with E-state index < -0.39 is 108 Å². The molecule has 1 fully saturated rings. The normalized spacial score (nSPS) is 21.4. The molecule has 6 amide bonds. The van der Waals surface area contributed by atoms with Crippen LogP contribution < -0.4 is 60.6 Å². The minimum atomic E-state index is -1.50. The fourth-order valence-electron chi connectivity index (χ4n) is 8.63. The number of hydrogen-bond acceptors (Lipinski definition) is 12. The third-order valence-corrected chi connectivity index (χ3v) is 12.5. The minimum Gasteiger partial charge on any atom is -0.480 e. The van der Waals surface area contributed by atoms with Crippen LogP contribution in [0.25, 0.3) is 10.9 Å². The van der Waals surface area contributed by atoms with Gasteiger partial charge in [0.1, 0.15) is 30.0 Å². The van der Waals surface area contributed by atoms with Gasteiger partial charge in [0.25, 0.3) is 0 Å². The van der Waals surface area contributed by atoms with E-state index in [1.807, 2.05) is 24.3 Å². The number of Topliss-reactive ketones (excluding diaryl/α,β-unsaturated/α-hetero) is 2. The molecule has 2 heterocycles. The molecule has 0 radical (unpaired) electrons. The van der Waals surface area contributed by atoms with Gasteiger partial charge in [-0.2, -0.15) is 0 Å². The fraction of sp³-hybridized carbons (Fsp3) is 0.500. The van der Waals surface area contributed by atoms with E-state index in [0.29, 0.717) is 11.1 Å². The van der Waals surface area contributed by atoms with Gasteiger partial charge >= 0.3 is 5.97 Å². The first-order chi connectivity index (χ1) is 35.3. The van der Waals surface area contributed by atoms with Crippen LogP contribution in [0.2, 0.25) is 0 Å². The standard InChI is InChI=1S/C50H72N14O10/c1-29(65)60-36(16-9-22-58-50(54)55)45(70)61-37-15-7-17-43(68)56-23-19-39(48(73)74)63-44(69)32(25-33-28-59-35-14-6-5-13-34(33)35)27-41(66)31(12-8-21-57-49(52)53)26-42(67)40(24-30-10-3-2-4-11-30)64-47(72)38(18-20-51)62-46(37)71/h2-6,10-11,13-14,28,31-32,36-40,59H,7-9,12,15-27,51H2,1H3,(H,56,68)(H,60,65)(H,61,70)(H,62,71)(H,63,69)(H,64,72)(H,73,74)(H4,52,53,57)(H4,54,55,58)/t31-,32-,36+,37+,38+,39+,40-/m1/s1. The first-order valence-corrected chi connectivity index (χ1v) is 24.8. The third kappa shape index (κ3) is 20.0. The summed E-state index contributed by atoms with van der Waals surface area (Å²) in [4.78, 5) is 135. The third-order valence-electron chi connectivity index (χ3n) is 12.5. The fourth-order valence-corrected chi connectivity index (χ4v) is 8.63. The number of H-pyrrole nitrogens is 1. The Labute approximate surface area is 429 Å². The van der Waals surface area contributed by atoms with Crippen molar-refractivity contribution in [1.29, 1.82) is 0 Å². The maximum absolute atomic E-state index is 14.7. The summed E-state index contributed by atoms with van der Waals surface area (Å²) in [5, 5.41) is 26.9. The summed E-state index contributed by atoms with van der Waals surface area (Å²) < 4.78 is 0. The predicted molar refractivity (Wildman–Crippen MR) is 276 cm³/mol. The second-order valence-electron chi connectivity index (χ2n) is 18.3. The maximum atomic E-state index is 14.7. The van der Waals surface area contributed by atoms with E-state index in [2.05, 4.69) is 46.9 Å². The van der Waals surface area contributed by atoms with Gasteiger partial charge < -0.3 is 70.7 Å². The van der Waals surface area contributed by atoms with E-state index in [1.54, 1.807) is 36.5 Å². The molecule has 74 heavy (non-hydrogen) atoms. The average Bonchev–Trinajstić information content (AvgIpc) is 3.76. The van der Waals surface area contributed by atoms with Crippen LogP contribution in [0.3, 0.4) is 0 Å². The van der Waals surface area contributed by atoms with Crippen LogP contribution in [0, 0.1) is 11.8 Å². The molecule has 18 N–H and O–H groups in total. The molecule has 1 aliphatic rings. The number of guanidine groups is 2. The average molecular weight is 1030 g/mol. The molecule has 24 nitrogen and oxygen atoms in total. The smallest absolute Gasteiger partial charge is 0.326 e. The first kappa shape index (κ1) is 58.7. The molecule has 0 aliphatic carbocycles.